The number of Topliss-reactive ketones (excluding diaryl/α,β-unsaturated/α-hetero) is 1. The van der Waals surface area contributed by atoms with Crippen LogP contribution in [-0.2, 0) is 10.2 Å². The van der Waals surface area contributed by atoms with Gasteiger partial charge in [-0.1, -0.05) is 17.7 Å². The van der Waals surface area contributed by atoms with E-state index < -0.39 is 4.92 Å². The van der Waals surface area contributed by atoms with Gasteiger partial charge in [0.1, 0.15) is 11.4 Å². The lowest BCUT2D eigenvalue weighted by Crippen LogP contribution is -2.40. The number of carbonyl (C=O) groups is 1. The van der Waals surface area contributed by atoms with Crippen molar-refractivity contribution < 1.29 is 19.2 Å². The molecule has 0 atom stereocenters. The number of nitrogens with zero attached hydrogens (tertiary/aromatic N) is 1. The third-order valence-electron chi connectivity index (χ3n) is 5.59. The maximum absolute atomic E-state index is 11.6. The van der Waals surface area contributed by atoms with Crippen LogP contribution < -0.4 is 10.1 Å². The van der Waals surface area contributed by atoms with Crippen molar-refractivity contribution in [2.45, 2.75) is 32.1 Å². The van der Waals surface area contributed by atoms with Crippen LogP contribution in [0.25, 0.3) is 0 Å². The highest BCUT2D eigenvalue weighted by atomic mass is 16.6. The highest BCUT2D eigenvalue weighted by Crippen LogP contribution is 2.41. The van der Waals surface area contributed by atoms with Crippen molar-refractivity contribution in [1.82, 2.24) is 0 Å². The molecule has 0 radical (unpaired) electrons. The number of hydrogen-bond acceptors (Lipinski definition) is 6. The highest BCUT2D eigenvalue weighted by Gasteiger charge is 2.37. The molecular formula is C22H26N2O5. The zero-order valence-corrected chi connectivity index (χ0v) is 17.0. The molecule has 154 valence electrons. The van der Waals surface area contributed by atoms with E-state index in [-0.39, 0.29) is 16.9 Å². The van der Waals surface area contributed by atoms with Crippen molar-refractivity contribution in [2.24, 2.45) is 0 Å². The Morgan fingerprint density at radius 2 is 1.97 bits per heavy atom. The van der Waals surface area contributed by atoms with Crippen LogP contribution in [0.15, 0.2) is 36.4 Å². The number of nitro groups is 1. The van der Waals surface area contributed by atoms with E-state index in [0.717, 1.165) is 29.7 Å². The monoisotopic (exact) mass is 398 g/mol. The van der Waals surface area contributed by atoms with E-state index >= 15 is 0 Å². The molecule has 0 aromatic heterocycles. The number of carbonyl (C=O) groups excluding carboxylic acids is 1. The number of ketones is 1. The van der Waals surface area contributed by atoms with Crippen molar-refractivity contribution in [1.29, 1.82) is 0 Å². The fraction of sp³-hybridized carbons (Fsp3) is 0.409. The third-order valence-corrected chi connectivity index (χ3v) is 5.59. The Labute approximate surface area is 170 Å². The summed E-state index contributed by atoms with van der Waals surface area (Å²) in [5.74, 6) is 0.603. The van der Waals surface area contributed by atoms with Gasteiger partial charge in [-0.05, 0) is 44.9 Å². The SMILES string of the molecule is COc1ccc(C)cc1C1(CNc2ccc(C(C)=O)cc2[N+](=O)[O-])CCOCC1. The fourth-order valence-electron chi connectivity index (χ4n) is 3.86. The topological polar surface area (TPSA) is 90.7 Å². The Hall–Kier alpha value is -2.93. The summed E-state index contributed by atoms with van der Waals surface area (Å²) in [5.41, 5.74) is 2.56. The molecule has 2 aromatic carbocycles. The van der Waals surface area contributed by atoms with Gasteiger partial charge in [-0.2, -0.15) is 0 Å². The van der Waals surface area contributed by atoms with Gasteiger partial charge in [-0.25, -0.2) is 0 Å². The smallest absolute Gasteiger partial charge is 0.293 e. The van der Waals surface area contributed by atoms with Gasteiger partial charge in [0.15, 0.2) is 5.78 Å². The molecule has 1 saturated heterocycles. The molecule has 1 aliphatic heterocycles. The minimum atomic E-state index is -0.460. The third kappa shape index (κ3) is 4.40. The predicted molar refractivity (Wildman–Crippen MR) is 111 cm³/mol. The number of methoxy groups -OCH3 is 1. The van der Waals surface area contributed by atoms with Crippen LogP contribution in [0.3, 0.4) is 0 Å². The van der Waals surface area contributed by atoms with Gasteiger partial charge in [0.2, 0.25) is 0 Å². The van der Waals surface area contributed by atoms with E-state index in [1.807, 2.05) is 19.1 Å². The zero-order chi connectivity index (χ0) is 21.0. The molecule has 2 aromatic rings. The molecule has 3 rings (SSSR count). The van der Waals surface area contributed by atoms with E-state index in [4.69, 9.17) is 9.47 Å². The molecule has 7 nitrogen and oxygen atoms in total. The highest BCUT2D eigenvalue weighted by molar-refractivity contribution is 5.95. The zero-order valence-electron chi connectivity index (χ0n) is 17.0. The van der Waals surface area contributed by atoms with Gasteiger partial charge >= 0.3 is 0 Å². The summed E-state index contributed by atoms with van der Waals surface area (Å²) in [4.78, 5) is 22.7. The van der Waals surface area contributed by atoms with E-state index in [9.17, 15) is 14.9 Å². The van der Waals surface area contributed by atoms with E-state index in [1.165, 1.54) is 13.0 Å². The fourth-order valence-corrected chi connectivity index (χ4v) is 3.86. The minimum absolute atomic E-state index is 0.101. The molecule has 0 spiro atoms. The molecule has 0 saturated carbocycles. The first-order valence-corrected chi connectivity index (χ1v) is 9.62. The number of hydrogen-bond donors (Lipinski definition) is 1. The van der Waals surface area contributed by atoms with Crippen molar-refractivity contribution in [3.8, 4) is 5.75 Å². The quantitative estimate of drug-likeness (QED) is 0.425. The van der Waals surface area contributed by atoms with Gasteiger partial charge < -0.3 is 14.8 Å². The van der Waals surface area contributed by atoms with Crippen molar-refractivity contribution in [3.63, 3.8) is 0 Å². The van der Waals surface area contributed by atoms with Gasteiger partial charge in [0.05, 0.1) is 12.0 Å². The molecular weight excluding hydrogens is 372 g/mol. The molecule has 0 bridgehead atoms. The van der Waals surface area contributed by atoms with Crippen molar-refractivity contribution in [3.05, 3.63) is 63.2 Å². The molecule has 0 amide bonds. The molecule has 1 heterocycles. The molecule has 0 aliphatic carbocycles. The van der Waals surface area contributed by atoms with E-state index in [2.05, 4.69) is 11.4 Å². The standard InChI is InChI=1S/C22H26N2O5/c1-15-4-7-21(28-3)18(12-15)22(8-10-29-11-9-22)14-23-19-6-5-17(16(2)25)13-20(19)24(26)27/h4-7,12-13,23H,8-11,14H2,1-3H3. The van der Waals surface area contributed by atoms with Gasteiger partial charge in [0, 0.05) is 42.4 Å². The van der Waals surface area contributed by atoms with Gasteiger partial charge in [-0.3, -0.25) is 14.9 Å². The number of benzene rings is 2. The van der Waals surface area contributed by atoms with Gasteiger partial charge in [0.25, 0.3) is 5.69 Å². The molecule has 0 unspecified atom stereocenters. The number of anilines is 1. The van der Waals surface area contributed by atoms with Crippen LogP contribution in [0.4, 0.5) is 11.4 Å². The van der Waals surface area contributed by atoms with E-state index in [1.54, 1.807) is 19.2 Å². The molecule has 1 aliphatic rings. The summed E-state index contributed by atoms with van der Waals surface area (Å²) in [6.45, 7) is 5.16. The predicted octanol–water partition coefficient (Wildman–Crippen LogP) is 4.27. The van der Waals surface area contributed by atoms with Crippen molar-refractivity contribution >= 4 is 17.2 Å². The molecule has 29 heavy (non-hydrogen) atoms. The molecule has 1 fully saturated rings. The van der Waals surface area contributed by atoms with Crippen LogP contribution in [-0.4, -0.2) is 37.6 Å². The number of ether oxygens (including phenoxy) is 2. The molecule has 1 N–H and O–H groups in total. The summed E-state index contributed by atoms with van der Waals surface area (Å²) in [6.07, 6.45) is 1.55. The van der Waals surface area contributed by atoms with Gasteiger partial charge in [-0.15, -0.1) is 0 Å². The van der Waals surface area contributed by atoms with Crippen LogP contribution >= 0.6 is 0 Å². The number of rotatable bonds is 7. The average molecular weight is 398 g/mol. The normalized spacial score (nSPS) is 15.6. The average Bonchev–Trinajstić information content (AvgIpc) is 2.72. The first-order valence-electron chi connectivity index (χ1n) is 9.62. The largest absolute Gasteiger partial charge is 0.496 e. The Morgan fingerprint density at radius 3 is 2.59 bits per heavy atom. The summed E-state index contributed by atoms with van der Waals surface area (Å²) in [6, 6.07) is 10.6. The Morgan fingerprint density at radius 1 is 1.24 bits per heavy atom. The summed E-state index contributed by atoms with van der Waals surface area (Å²) in [5, 5.41) is 14.8. The summed E-state index contributed by atoms with van der Waals surface area (Å²) in [7, 11) is 1.65. The Bertz CT molecular complexity index is 919. The second-order valence-corrected chi connectivity index (χ2v) is 7.50. The van der Waals surface area contributed by atoms with Crippen LogP contribution in [0.2, 0.25) is 0 Å². The van der Waals surface area contributed by atoms with E-state index in [0.29, 0.717) is 31.0 Å². The second-order valence-electron chi connectivity index (χ2n) is 7.50. The number of aryl methyl sites for hydroxylation is 1. The van der Waals surface area contributed by atoms with Crippen LogP contribution in [0.1, 0.15) is 41.3 Å². The maximum Gasteiger partial charge on any atom is 0.293 e. The van der Waals surface area contributed by atoms with Crippen LogP contribution in [0, 0.1) is 17.0 Å². The summed E-state index contributed by atoms with van der Waals surface area (Å²) < 4.78 is 11.2. The number of nitro benzene ring substituents is 1. The first kappa shape index (κ1) is 20.8. The maximum atomic E-state index is 11.6. The number of nitrogens with one attached hydrogen (secondary N) is 1. The first-order chi connectivity index (χ1) is 13.9. The minimum Gasteiger partial charge on any atom is -0.496 e. The Balaban J connectivity index is 1.96. The lowest BCUT2D eigenvalue weighted by atomic mass is 9.73. The van der Waals surface area contributed by atoms with Crippen LogP contribution in [0.5, 0.6) is 5.75 Å². The lowest BCUT2D eigenvalue weighted by molar-refractivity contribution is -0.384. The summed E-state index contributed by atoms with van der Waals surface area (Å²) >= 11 is 0. The molecule has 7 heteroatoms. The lowest BCUT2D eigenvalue weighted by Gasteiger charge is -2.39. The Kier molecular flexibility index (Phi) is 6.17. The second kappa shape index (κ2) is 8.61. The van der Waals surface area contributed by atoms with Crippen molar-refractivity contribution in [2.75, 3.05) is 32.2 Å².